The van der Waals surface area contributed by atoms with Crippen LogP contribution in [0.25, 0.3) is 0 Å². The first-order valence-electron chi connectivity index (χ1n) is 9.56. The van der Waals surface area contributed by atoms with Crippen LogP contribution in [-0.2, 0) is 4.79 Å². The number of nitrogens with zero attached hydrogens (tertiary/aromatic N) is 2. The summed E-state index contributed by atoms with van der Waals surface area (Å²) in [6.45, 7) is 5.11. The number of hydrogen-bond donors (Lipinski definition) is 0. The number of benzene rings is 2. The van der Waals surface area contributed by atoms with Gasteiger partial charge >= 0.3 is 0 Å². The van der Waals surface area contributed by atoms with E-state index in [-0.39, 0.29) is 11.8 Å². The van der Waals surface area contributed by atoms with Crippen molar-refractivity contribution >= 4 is 17.5 Å². The van der Waals surface area contributed by atoms with Crippen molar-refractivity contribution in [2.24, 2.45) is 0 Å². The van der Waals surface area contributed by atoms with E-state index in [0.717, 1.165) is 11.4 Å². The molecule has 1 unspecified atom stereocenters. The lowest BCUT2D eigenvalue weighted by atomic mass is 10.1. The molecular formula is C22H26N2O5. The molecule has 1 heterocycles. The Kier molecular flexibility index (Phi) is 6.26. The van der Waals surface area contributed by atoms with E-state index in [0.29, 0.717) is 36.8 Å². The lowest BCUT2D eigenvalue weighted by molar-refractivity contribution is -0.124. The smallest absolute Gasteiger partial charge is 0.254 e. The minimum atomic E-state index is -0.583. The number of carbonyl (C=O) groups excluding carboxylic acids is 2. The number of rotatable bonds is 6. The van der Waals surface area contributed by atoms with Gasteiger partial charge in [0.25, 0.3) is 5.91 Å². The second-order valence-electron chi connectivity index (χ2n) is 6.69. The summed E-state index contributed by atoms with van der Waals surface area (Å²) in [6.07, 6.45) is 0. The van der Waals surface area contributed by atoms with Gasteiger partial charge in [-0.2, -0.15) is 0 Å². The van der Waals surface area contributed by atoms with Crippen LogP contribution in [0.2, 0.25) is 0 Å². The maximum atomic E-state index is 13.1. The minimum Gasteiger partial charge on any atom is -0.497 e. The van der Waals surface area contributed by atoms with Gasteiger partial charge in [-0.25, -0.2) is 0 Å². The average molecular weight is 398 g/mol. The fraction of sp³-hybridized carbons (Fsp3) is 0.364. The summed E-state index contributed by atoms with van der Waals surface area (Å²) in [5, 5.41) is 0. The highest BCUT2D eigenvalue weighted by atomic mass is 16.5. The first-order chi connectivity index (χ1) is 14.0. The molecule has 0 N–H and O–H groups in total. The lowest BCUT2D eigenvalue weighted by Gasteiger charge is -2.39. The molecule has 29 heavy (non-hydrogen) atoms. The van der Waals surface area contributed by atoms with Crippen molar-refractivity contribution in [3.63, 3.8) is 0 Å². The van der Waals surface area contributed by atoms with Gasteiger partial charge in [0.1, 0.15) is 23.3 Å². The third-order valence-electron chi connectivity index (χ3n) is 4.97. The Morgan fingerprint density at radius 2 is 1.62 bits per heavy atom. The molecule has 0 spiro atoms. The van der Waals surface area contributed by atoms with Crippen molar-refractivity contribution in [1.29, 1.82) is 0 Å². The number of ether oxygens (including phenoxy) is 3. The summed E-state index contributed by atoms with van der Waals surface area (Å²) < 4.78 is 16.0. The molecule has 3 rings (SSSR count). The summed E-state index contributed by atoms with van der Waals surface area (Å²) in [5.74, 6) is 1.47. The number of piperazine rings is 1. The Balaban J connectivity index is 1.78. The van der Waals surface area contributed by atoms with E-state index in [1.54, 1.807) is 34.9 Å². The summed E-state index contributed by atoms with van der Waals surface area (Å²) >= 11 is 0. The van der Waals surface area contributed by atoms with Gasteiger partial charge in [-0.15, -0.1) is 0 Å². The Bertz CT molecular complexity index is 859. The summed E-state index contributed by atoms with van der Waals surface area (Å²) in [7, 11) is 3.07. The van der Waals surface area contributed by atoms with E-state index in [2.05, 4.69) is 0 Å². The molecule has 1 saturated heterocycles. The number of hydrogen-bond acceptors (Lipinski definition) is 5. The highest BCUT2D eigenvalue weighted by Crippen LogP contribution is 2.27. The number of anilines is 1. The maximum Gasteiger partial charge on any atom is 0.254 e. The summed E-state index contributed by atoms with van der Waals surface area (Å²) in [5.41, 5.74) is 1.22. The van der Waals surface area contributed by atoms with Crippen LogP contribution < -0.4 is 19.1 Å². The Morgan fingerprint density at radius 3 is 2.17 bits per heavy atom. The Labute approximate surface area is 170 Å². The topological polar surface area (TPSA) is 68.3 Å². The zero-order chi connectivity index (χ0) is 21.0. The first kappa shape index (κ1) is 20.5. The molecular weight excluding hydrogens is 372 g/mol. The molecule has 0 bridgehead atoms. The Hall–Kier alpha value is -3.22. The SMILES string of the molecule is CCOc1ccc(N2CCN(C(=O)c3cc(OC)cc(OC)c3)C(C)C2=O)cc1. The second kappa shape index (κ2) is 8.86. The maximum absolute atomic E-state index is 13.1. The van der Waals surface area contributed by atoms with Gasteiger partial charge in [0.15, 0.2) is 0 Å². The van der Waals surface area contributed by atoms with Gasteiger partial charge in [0, 0.05) is 30.4 Å². The van der Waals surface area contributed by atoms with Crippen molar-refractivity contribution in [1.82, 2.24) is 4.90 Å². The third-order valence-corrected chi connectivity index (χ3v) is 4.97. The fourth-order valence-corrected chi connectivity index (χ4v) is 3.39. The molecule has 1 aliphatic heterocycles. The standard InChI is InChI=1S/C22H26N2O5/c1-5-29-18-8-6-17(7-9-18)24-11-10-23(15(2)21(24)25)22(26)16-12-19(27-3)14-20(13-16)28-4/h6-9,12-15H,5,10-11H2,1-4H3. The van der Waals surface area contributed by atoms with E-state index in [9.17, 15) is 9.59 Å². The highest BCUT2D eigenvalue weighted by Gasteiger charge is 2.35. The van der Waals surface area contributed by atoms with Crippen molar-refractivity contribution in [2.45, 2.75) is 19.9 Å². The van der Waals surface area contributed by atoms with Crippen LogP contribution in [0.4, 0.5) is 5.69 Å². The van der Waals surface area contributed by atoms with Crippen LogP contribution >= 0.6 is 0 Å². The van der Waals surface area contributed by atoms with Crippen molar-refractivity contribution in [2.75, 3.05) is 38.8 Å². The van der Waals surface area contributed by atoms with Crippen LogP contribution in [0.5, 0.6) is 17.2 Å². The predicted octanol–water partition coefficient (Wildman–Crippen LogP) is 2.98. The van der Waals surface area contributed by atoms with Crippen LogP contribution in [0.1, 0.15) is 24.2 Å². The molecule has 0 radical (unpaired) electrons. The van der Waals surface area contributed by atoms with Gasteiger partial charge in [0.2, 0.25) is 5.91 Å². The van der Waals surface area contributed by atoms with E-state index >= 15 is 0 Å². The molecule has 154 valence electrons. The van der Waals surface area contributed by atoms with E-state index in [4.69, 9.17) is 14.2 Å². The van der Waals surface area contributed by atoms with Crippen LogP contribution in [-0.4, -0.2) is 56.7 Å². The molecule has 2 aromatic rings. The molecule has 2 amide bonds. The zero-order valence-corrected chi connectivity index (χ0v) is 17.2. The molecule has 7 nitrogen and oxygen atoms in total. The van der Waals surface area contributed by atoms with Crippen molar-refractivity contribution < 1.29 is 23.8 Å². The molecule has 2 aromatic carbocycles. The van der Waals surface area contributed by atoms with Crippen LogP contribution in [0.3, 0.4) is 0 Å². The van der Waals surface area contributed by atoms with Crippen molar-refractivity contribution in [3.05, 3.63) is 48.0 Å². The molecule has 7 heteroatoms. The Morgan fingerprint density at radius 1 is 1.00 bits per heavy atom. The van der Waals surface area contributed by atoms with Gasteiger partial charge in [-0.3, -0.25) is 9.59 Å². The third kappa shape index (κ3) is 4.29. The molecule has 0 aromatic heterocycles. The molecule has 0 aliphatic carbocycles. The monoisotopic (exact) mass is 398 g/mol. The van der Waals surface area contributed by atoms with Crippen LogP contribution in [0, 0.1) is 0 Å². The number of methoxy groups -OCH3 is 2. The largest absolute Gasteiger partial charge is 0.497 e. The molecule has 0 saturated carbocycles. The van der Waals surface area contributed by atoms with Crippen LogP contribution in [0.15, 0.2) is 42.5 Å². The van der Waals surface area contributed by atoms with E-state index in [1.165, 1.54) is 14.2 Å². The van der Waals surface area contributed by atoms with Gasteiger partial charge in [-0.05, 0) is 50.2 Å². The molecule has 1 atom stereocenters. The molecule has 1 fully saturated rings. The normalized spacial score (nSPS) is 16.6. The second-order valence-corrected chi connectivity index (χ2v) is 6.69. The number of amides is 2. The van der Waals surface area contributed by atoms with E-state index < -0.39 is 6.04 Å². The highest BCUT2D eigenvalue weighted by molar-refractivity contribution is 6.03. The van der Waals surface area contributed by atoms with Gasteiger partial charge in [-0.1, -0.05) is 0 Å². The predicted molar refractivity (Wildman–Crippen MR) is 110 cm³/mol. The average Bonchev–Trinajstić information content (AvgIpc) is 2.75. The van der Waals surface area contributed by atoms with Gasteiger partial charge < -0.3 is 24.0 Å². The summed E-state index contributed by atoms with van der Waals surface area (Å²) in [6, 6.07) is 11.8. The minimum absolute atomic E-state index is 0.122. The summed E-state index contributed by atoms with van der Waals surface area (Å²) in [4.78, 5) is 29.3. The quantitative estimate of drug-likeness (QED) is 0.748. The van der Waals surface area contributed by atoms with Crippen molar-refractivity contribution in [3.8, 4) is 17.2 Å². The zero-order valence-electron chi connectivity index (χ0n) is 17.2. The van der Waals surface area contributed by atoms with E-state index in [1.807, 2.05) is 31.2 Å². The lowest BCUT2D eigenvalue weighted by Crippen LogP contribution is -2.57. The molecule has 1 aliphatic rings. The first-order valence-corrected chi connectivity index (χ1v) is 9.56. The fourth-order valence-electron chi connectivity index (χ4n) is 3.39. The number of carbonyl (C=O) groups is 2. The van der Waals surface area contributed by atoms with Gasteiger partial charge in [0.05, 0.1) is 20.8 Å².